The first kappa shape index (κ1) is 30.5. The van der Waals surface area contributed by atoms with Gasteiger partial charge in [0.2, 0.25) is 15.9 Å². The van der Waals surface area contributed by atoms with Gasteiger partial charge >= 0.3 is 12.2 Å². The molecule has 9 nitrogen and oxygen atoms in total. The molecular formula is C30H31F3N4O5S. The smallest absolute Gasteiger partial charge is 0.325 e. The molecule has 0 saturated carbocycles. The van der Waals surface area contributed by atoms with Crippen molar-refractivity contribution in [2.45, 2.75) is 52.3 Å². The molecule has 3 heterocycles. The molecule has 0 atom stereocenters. The van der Waals surface area contributed by atoms with E-state index >= 15 is 0 Å². The van der Waals surface area contributed by atoms with Gasteiger partial charge in [-0.2, -0.15) is 17.5 Å². The molecule has 2 aromatic carbocycles. The molecule has 0 unspecified atom stereocenters. The lowest BCUT2D eigenvalue weighted by molar-refractivity contribution is -0.137. The van der Waals surface area contributed by atoms with Gasteiger partial charge in [0.05, 0.1) is 11.0 Å². The zero-order valence-electron chi connectivity index (χ0n) is 24.0. The number of benzene rings is 2. The molecule has 5 rings (SSSR count). The van der Waals surface area contributed by atoms with Crippen molar-refractivity contribution in [3.63, 3.8) is 0 Å². The molecule has 2 saturated heterocycles. The molecule has 3 aliphatic rings. The molecule has 1 spiro atoms. The minimum absolute atomic E-state index is 0.0521. The number of nitrogens with one attached hydrogen (secondary N) is 2. The fraction of sp³-hybridized carbons (Fsp3) is 0.367. The lowest BCUT2D eigenvalue weighted by Crippen LogP contribution is -2.45. The number of amides is 4. The minimum atomic E-state index is -4.52. The monoisotopic (exact) mass is 616 g/mol. The van der Waals surface area contributed by atoms with Crippen LogP contribution in [0.2, 0.25) is 0 Å². The number of imide groups is 1. The van der Waals surface area contributed by atoms with E-state index < -0.39 is 44.7 Å². The van der Waals surface area contributed by atoms with Gasteiger partial charge in [-0.15, -0.1) is 0 Å². The third-order valence-electron chi connectivity index (χ3n) is 8.38. The van der Waals surface area contributed by atoms with Crippen LogP contribution in [-0.4, -0.2) is 49.2 Å². The molecule has 0 aliphatic carbocycles. The number of hydrogen-bond acceptors (Lipinski definition) is 5. The van der Waals surface area contributed by atoms with Crippen LogP contribution in [-0.2, 0) is 25.8 Å². The first-order chi connectivity index (χ1) is 19.9. The summed E-state index contributed by atoms with van der Waals surface area (Å²) in [5.41, 5.74) is 0.158. The van der Waals surface area contributed by atoms with Crippen LogP contribution in [0.25, 0.3) is 11.8 Å². The highest BCUT2D eigenvalue weighted by Gasteiger charge is 2.47. The molecule has 0 radical (unpaired) electrons. The Morgan fingerprint density at radius 3 is 2.12 bits per heavy atom. The first-order valence-electron chi connectivity index (χ1n) is 13.6. The number of piperidine rings is 1. The largest absolute Gasteiger partial charge is 0.416 e. The standard InChI is InChI=1S/C30H31F3N4O5S/c1-18-14-22(37-27(40)35-25(38)28(37,3)4)15-19(2)23(18)8-13-43(41,42)36-11-9-29(10-12-36)17-24(34-26(29)39)20-6-5-7-21(16-20)30(31,32)33/h5-8,13-17H,9-12H2,1-4H3,(H,34,39)(H,35,38,40)/b13-8+. The summed E-state index contributed by atoms with van der Waals surface area (Å²) >= 11 is 0. The number of anilines is 1. The van der Waals surface area contributed by atoms with Crippen LogP contribution in [0.3, 0.4) is 0 Å². The summed E-state index contributed by atoms with van der Waals surface area (Å²) < 4.78 is 67.3. The zero-order chi connectivity index (χ0) is 31.5. The number of carbonyl (C=O) groups is 3. The van der Waals surface area contributed by atoms with Crippen LogP contribution in [0.5, 0.6) is 0 Å². The van der Waals surface area contributed by atoms with E-state index in [-0.39, 0.29) is 43.1 Å². The number of halogens is 3. The van der Waals surface area contributed by atoms with Crippen molar-refractivity contribution in [2.24, 2.45) is 5.41 Å². The van der Waals surface area contributed by atoms with Crippen LogP contribution in [0.1, 0.15) is 54.5 Å². The summed E-state index contributed by atoms with van der Waals surface area (Å²) in [5.74, 6) is -0.779. The quantitative estimate of drug-likeness (QED) is 0.473. The van der Waals surface area contributed by atoms with E-state index in [2.05, 4.69) is 10.6 Å². The molecule has 2 aromatic rings. The van der Waals surface area contributed by atoms with Crippen molar-refractivity contribution < 1.29 is 36.0 Å². The van der Waals surface area contributed by atoms with E-state index in [0.29, 0.717) is 22.4 Å². The third-order valence-corrected chi connectivity index (χ3v) is 9.94. The molecule has 2 fully saturated rings. The Morgan fingerprint density at radius 2 is 1.56 bits per heavy atom. The van der Waals surface area contributed by atoms with E-state index in [0.717, 1.165) is 17.5 Å². The van der Waals surface area contributed by atoms with Gasteiger partial charge in [0.15, 0.2) is 0 Å². The minimum Gasteiger partial charge on any atom is -0.325 e. The predicted octanol–water partition coefficient (Wildman–Crippen LogP) is 4.71. The SMILES string of the molecule is Cc1cc(N2C(=O)NC(=O)C2(C)C)cc(C)c1/C=C/S(=O)(=O)N1CCC2(C=C(c3cccc(C(F)(F)F)c3)NC2=O)CC1. The Labute approximate surface area is 247 Å². The summed E-state index contributed by atoms with van der Waals surface area (Å²) in [4.78, 5) is 38.9. The van der Waals surface area contributed by atoms with E-state index in [1.54, 1.807) is 45.9 Å². The van der Waals surface area contributed by atoms with Gasteiger partial charge in [-0.3, -0.25) is 19.8 Å². The number of sulfonamides is 1. The van der Waals surface area contributed by atoms with E-state index in [1.165, 1.54) is 27.4 Å². The summed E-state index contributed by atoms with van der Waals surface area (Å²) in [6, 6.07) is 7.61. The van der Waals surface area contributed by atoms with E-state index in [4.69, 9.17) is 0 Å². The Morgan fingerprint density at radius 1 is 0.930 bits per heavy atom. The van der Waals surface area contributed by atoms with Crippen molar-refractivity contribution in [1.29, 1.82) is 0 Å². The highest BCUT2D eigenvalue weighted by molar-refractivity contribution is 7.92. The summed E-state index contributed by atoms with van der Waals surface area (Å²) in [5, 5.41) is 6.10. The van der Waals surface area contributed by atoms with Gasteiger partial charge in [0.25, 0.3) is 5.91 Å². The fourth-order valence-corrected chi connectivity index (χ4v) is 7.01. The number of nitrogens with zero attached hydrogens (tertiary/aromatic N) is 2. The van der Waals surface area contributed by atoms with Crippen LogP contribution in [0, 0.1) is 19.3 Å². The maximum absolute atomic E-state index is 13.2. The van der Waals surface area contributed by atoms with Gasteiger partial charge in [0, 0.05) is 29.9 Å². The molecule has 0 aromatic heterocycles. The maximum Gasteiger partial charge on any atom is 0.416 e. The van der Waals surface area contributed by atoms with E-state index in [9.17, 15) is 36.0 Å². The second-order valence-electron chi connectivity index (χ2n) is 11.6. The maximum atomic E-state index is 13.2. The Balaban J connectivity index is 1.31. The van der Waals surface area contributed by atoms with Gasteiger partial charge in [-0.25, -0.2) is 13.2 Å². The molecule has 2 N–H and O–H groups in total. The average molecular weight is 617 g/mol. The number of aryl methyl sites for hydroxylation is 2. The first-order valence-corrected chi connectivity index (χ1v) is 15.1. The summed E-state index contributed by atoms with van der Waals surface area (Å²) in [6.45, 7) is 6.94. The molecule has 0 bridgehead atoms. The normalized spacial score (nSPS) is 20.6. The Kier molecular flexibility index (Phi) is 7.33. The van der Waals surface area contributed by atoms with E-state index in [1.807, 2.05) is 0 Å². The number of hydrogen-bond donors (Lipinski definition) is 2. The van der Waals surface area contributed by atoms with Crippen LogP contribution in [0.4, 0.5) is 23.7 Å². The summed E-state index contributed by atoms with van der Waals surface area (Å²) in [7, 11) is -3.87. The van der Waals surface area contributed by atoms with Gasteiger partial charge in [0.1, 0.15) is 5.54 Å². The second-order valence-corrected chi connectivity index (χ2v) is 13.5. The topological polar surface area (TPSA) is 116 Å². The second kappa shape index (κ2) is 10.3. The fourth-order valence-electron chi connectivity index (χ4n) is 5.84. The van der Waals surface area contributed by atoms with Crippen LogP contribution >= 0.6 is 0 Å². The van der Waals surface area contributed by atoms with Gasteiger partial charge < -0.3 is 5.32 Å². The van der Waals surface area contributed by atoms with Crippen LogP contribution in [0.15, 0.2) is 47.9 Å². The highest BCUT2D eigenvalue weighted by atomic mass is 32.2. The molecular weight excluding hydrogens is 585 g/mol. The van der Waals surface area contributed by atoms with Gasteiger partial charge in [-0.05, 0) is 99.2 Å². The van der Waals surface area contributed by atoms with Crippen LogP contribution < -0.4 is 15.5 Å². The number of urea groups is 1. The van der Waals surface area contributed by atoms with Gasteiger partial charge in [-0.1, -0.05) is 12.1 Å². The molecule has 4 amide bonds. The third kappa shape index (κ3) is 5.47. The number of alkyl halides is 3. The van der Waals surface area contributed by atoms with Crippen molar-refractivity contribution in [3.05, 3.63) is 75.7 Å². The number of rotatable bonds is 5. The lowest BCUT2D eigenvalue weighted by atomic mass is 9.79. The Bertz CT molecular complexity index is 1680. The average Bonchev–Trinajstić information content (AvgIpc) is 3.33. The van der Waals surface area contributed by atoms with Crippen molar-refractivity contribution in [1.82, 2.24) is 14.9 Å². The molecule has 228 valence electrons. The number of carbonyl (C=O) groups excluding carboxylic acids is 3. The predicted molar refractivity (Wildman–Crippen MR) is 155 cm³/mol. The molecule has 3 aliphatic heterocycles. The van der Waals surface area contributed by atoms with Crippen molar-refractivity contribution in [2.75, 3.05) is 18.0 Å². The van der Waals surface area contributed by atoms with Crippen molar-refractivity contribution in [3.8, 4) is 0 Å². The van der Waals surface area contributed by atoms with Crippen molar-refractivity contribution >= 4 is 45.3 Å². The molecule has 43 heavy (non-hydrogen) atoms. The Hall–Kier alpha value is -3.97. The lowest BCUT2D eigenvalue weighted by Gasteiger charge is -2.35. The summed E-state index contributed by atoms with van der Waals surface area (Å²) in [6.07, 6.45) is -1.07. The zero-order valence-corrected chi connectivity index (χ0v) is 24.8. The molecule has 13 heteroatoms. The highest BCUT2D eigenvalue weighted by Crippen LogP contribution is 2.41.